The van der Waals surface area contributed by atoms with Crippen LogP contribution in [0.15, 0.2) is 6.07 Å². The second-order valence-electron chi connectivity index (χ2n) is 2.17. The van der Waals surface area contributed by atoms with Crippen LogP contribution in [0.25, 0.3) is 0 Å². The predicted octanol–water partition coefficient (Wildman–Crippen LogP) is 0.954. The Bertz CT molecular complexity index is 315. The van der Waals surface area contributed by atoms with Gasteiger partial charge in [0.25, 0.3) is 0 Å². The summed E-state index contributed by atoms with van der Waals surface area (Å²) in [7, 11) is 1.31. The van der Waals surface area contributed by atoms with Gasteiger partial charge in [0.2, 0.25) is 0 Å². The molecule has 1 rings (SSSR count). The van der Waals surface area contributed by atoms with Crippen molar-refractivity contribution in [3.05, 3.63) is 17.5 Å². The monoisotopic (exact) mass is 314 g/mol. The maximum atomic E-state index is 11.2. The molecule has 72 valence electrons. The summed E-state index contributed by atoms with van der Waals surface area (Å²) in [5.74, 6) is -0.434. The van der Waals surface area contributed by atoms with Crippen LogP contribution in [0.4, 0.5) is 0 Å². The van der Waals surface area contributed by atoms with Gasteiger partial charge in [0.15, 0.2) is 5.69 Å². The van der Waals surface area contributed by atoms with E-state index in [0.29, 0.717) is 17.8 Å². The molecule has 0 aliphatic heterocycles. The lowest BCUT2D eigenvalue weighted by Gasteiger charge is -1.99. The van der Waals surface area contributed by atoms with Crippen molar-refractivity contribution >= 4 is 34.4 Å². The molecule has 7 heteroatoms. The molecular weight excluding hydrogens is 306 g/mol. The van der Waals surface area contributed by atoms with Crippen molar-refractivity contribution < 1.29 is 14.6 Å². The fourth-order valence-electron chi connectivity index (χ4n) is 0.822. The highest BCUT2D eigenvalue weighted by atomic mass is 127. The Morgan fingerprint density at radius 1 is 1.92 bits per heavy atom. The van der Waals surface area contributed by atoms with Gasteiger partial charge in [-0.3, -0.25) is 0 Å². The first kappa shape index (κ1) is 10.9. The lowest BCUT2D eigenvalue weighted by atomic mass is 10.4. The fourth-order valence-corrected chi connectivity index (χ4v) is 2.34. The molecule has 0 amide bonds. The van der Waals surface area contributed by atoms with Crippen molar-refractivity contribution in [1.82, 2.24) is 9.55 Å². The smallest absolute Gasteiger partial charge is 0.356 e. The number of carbonyl (C=O) groups excluding carboxylic acids is 1. The van der Waals surface area contributed by atoms with Crippen LogP contribution in [0.1, 0.15) is 16.2 Å². The number of aliphatic hydroxyl groups is 1. The number of methoxy groups -OCH3 is 1. The minimum Gasteiger partial charge on any atom is -0.464 e. The van der Waals surface area contributed by atoms with E-state index in [0.717, 1.165) is 0 Å². The summed E-state index contributed by atoms with van der Waals surface area (Å²) in [6, 6.07) is 1.53. The second-order valence-corrected chi connectivity index (χ2v) is 4.21. The molecule has 1 heterocycles. The maximum Gasteiger partial charge on any atom is 0.356 e. The fraction of sp³-hybridized carbons (Fsp3) is 0.333. The molecule has 0 aliphatic carbocycles. The lowest BCUT2D eigenvalue weighted by molar-refractivity contribution is 0.0592. The number of aliphatic hydroxyl groups excluding tert-OH is 1. The van der Waals surface area contributed by atoms with Crippen LogP contribution < -0.4 is 0 Å². The molecule has 0 radical (unpaired) electrons. The topological polar surface area (TPSA) is 64.3 Å². The summed E-state index contributed by atoms with van der Waals surface area (Å²) in [5, 5.41) is 12.8. The van der Waals surface area contributed by atoms with Crippen LogP contribution in [-0.4, -0.2) is 27.7 Å². The van der Waals surface area contributed by atoms with Crippen LogP contribution in [0.5, 0.6) is 0 Å². The molecule has 0 saturated carbocycles. The van der Waals surface area contributed by atoms with E-state index in [9.17, 15) is 4.79 Å². The van der Waals surface area contributed by atoms with Crippen LogP contribution in [-0.2, 0) is 11.3 Å². The third kappa shape index (κ3) is 2.38. The molecule has 5 nitrogen and oxygen atoms in total. The summed E-state index contributed by atoms with van der Waals surface area (Å²) in [6.45, 7) is -0.169. The van der Waals surface area contributed by atoms with Crippen LogP contribution in [0.2, 0.25) is 0 Å². The molecule has 1 N–H and O–H groups in total. The highest BCUT2D eigenvalue weighted by Gasteiger charge is 2.14. The van der Waals surface area contributed by atoms with E-state index in [4.69, 9.17) is 5.11 Å². The second kappa shape index (κ2) is 4.88. The number of nitrogens with zero attached hydrogens (tertiary/aromatic N) is 2. The van der Waals surface area contributed by atoms with Crippen molar-refractivity contribution in [2.75, 3.05) is 7.11 Å². The number of carbonyl (C=O) groups is 1. The van der Waals surface area contributed by atoms with Gasteiger partial charge >= 0.3 is 5.97 Å². The van der Waals surface area contributed by atoms with Crippen LogP contribution in [0, 0.1) is 0 Å². The van der Waals surface area contributed by atoms with Gasteiger partial charge < -0.3 is 9.84 Å². The summed E-state index contributed by atoms with van der Waals surface area (Å²) < 4.78 is 6.07. The average Bonchev–Trinajstić information content (AvgIpc) is 2.59. The van der Waals surface area contributed by atoms with Gasteiger partial charge in [-0.1, -0.05) is 0 Å². The van der Waals surface area contributed by atoms with Crippen LogP contribution >= 0.6 is 28.4 Å². The Labute approximate surface area is 89.8 Å². The van der Waals surface area contributed by atoms with Gasteiger partial charge in [-0.2, -0.15) is 5.10 Å². The highest BCUT2D eigenvalue weighted by molar-refractivity contribution is 14.2. The number of halogens is 1. The quantitative estimate of drug-likeness (QED) is 0.513. The molecule has 0 spiro atoms. The predicted molar refractivity (Wildman–Crippen MR) is 57.2 cm³/mol. The molecule has 1 unspecified atom stereocenters. The van der Waals surface area contributed by atoms with Gasteiger partial charge in [-0.15, -0.1) is 0 Å². The van der Waals surface area contributed by atoms with E-state index in [1.54, 1.807) is 0 Å². The zero-order chi connectivity index (χ0) is 9.84. The molecule has 0 aliphatic rings. The van der Waals surface area contributed by atoms with E-state index in [1.807, 2.05) is 0 Å². The number of hydrogen-bond donors (Lipinski definition) is 1. The Morgan fingerprint density at radius 3 is 3.08 bits per heavy atom. The van der Waals surface area contributed by atoms with Crippen molar-refractivity contribution in [1.29, 1.82) is 0 Å². The first-order valence-electron chi connectivity index (χ1n) is 3.37. The molecule has 0 aromatic carbocycles. The van der Waals surface area contributed by atoms with Gasteiger partial charge in [0.1, 0.15) is 0 Å². The molecule has 0 saturated heterocycles. The Balaban J connectivity index is 3.03. The molecule has 13 heavy (non-hydrogen) atoms. The molecule has 1 atom stereocenters. The van der Waals surface area contributed by atoms with Gasteiger partial charge in [0.05, 0.1) is 25.8 Å². The number of rotatable bonds is 3. The number of hydrogen-bond acceptors (Lipinski definition) is 4. The first-order chi connectivity index (χ1) is 6.22. The van der Waals surface area contributed by atoms with Crippen LogP contribution in [0.3, 0.4) is 0 Å². The molecule has 0 bridgehead atoms. The Morgan fingerprint density at radius 2 is 2.62 bits per heavy atom. The minimum absolute atomic E-state index is 0.169. The third-order valence-electron chi connectivity index (χ3n) is 1.40. The zero-order valence-corrected chi connectivity index (χ0v) is 9.98. The number of ether oxygens (including phenoxy) is 1. The van der Waals surface area contributed by atoms with E-state index >= 15 is 0 Å². The van der Waals surface area contributed by atoms with Gasteiger partial charge in [-0.05, 0) is 28.1 Å². The lowest BCUT2D eigenvalue weighted by Crippen LogP contribution is -2.05. The van der Waals surface area contributed by atoms with Crippen molar-refractivity contribution in [2.45, 2.75) is 6.61 Å². The Kier molecular flexibility index (Phi) is 4.08. The van der Waals surface area contributed by atoms with Crippen molar-refractivity contribution in [3.63, 3.8) is 0 Å². The van der Waals surface area contributed by atoms with Gasteiger partial charge in [0, 0.05) is 0 Å². The molecule has 1 aromatic rings. The third-order valence-corrected chi connectivity index (χ3v) is 3.27. The molecular formula is C6H8IN2O3P. The average molecular weight is 314 g/mol. The van der Waals surface area contributed by atoms with E-state index in [-0.39, 0.29) is 6.61 Å². The summed E-state index contributed by atoms with van der Waals surface area (Å²) in [5.41, 5.74) is 0.851. The molecule has 0 fully saturated rings. The Hall–Kier alpha value is -0.200. The number of esters is 1. The normalized spacial score (nSPS) is 11.0. The maximum absolute atomic E-state index is 11.2. The SMILES string of the molecule is COC(=O)c1cc(CO)nn1PI. The van der Waals surface area contributed by atoms with E-state index in [2.05, 4.69) is 31.9 Å². The number of aromatic nitrogens is 2. The zero-order valence-electron chi connectivity index (χ0n) is 6.82. The summed E-state index contributed by atoms with van der Waals surface area (Å²) in [4.78, 5) is 11.2. The standard InChI is InChI=1S/C6H8IN2O3P/c1-12-6(11)5-2-4(3-10)8-9(5)13-7/h2,10,13H,3H2,1H3. The molecule has 1 aromatic heterocycles. The summed E-state index contributed by atoms with van der Waals surface area (Å²) >= 11 is 2.10. The van der Waals surface area contributed by atoms with Crippen molar-refractivity contribution in [2.24, 2.45) is 0 Å². The van der Waals surface area contributed by atoms with E-state index in [1.165, 1.54) is 17.6 Å². The van der Waals surface area contributed by atoms with Gasteiger partial charge in [-0.25, -0.2) is 9.25 Å². The largest absolute Gasteiger partial charge is 0.464 e. The van der Waals surface area contributed by atoms with Crippen molar-refractivity contribution in [3.8, 4) is 0 Å². The summed E-state index contributed by atoms with van der Waals surface area (Å²) in [6.07, 6.45) is 0.312. The van der Waals surface area contributed by atoms with E-state index < -0.39 is 5.97 Å². The highest BCUT2D eigenvalue weighted by Crippen LogP contribution is 2.25. The first-order valence-corrected chi connectivity index (χ1v) is 7.43. The minimum atomic E-state index is -0.434.